The third kappa shape index (κ3) is 4.83. The van der Waals surface area contributed by atoms with E-state index in [4.69, 9.17) is 9.47 Å². The summed E-state index contributed by atoms with van der Waals surface area (Å²) in [7, 11) is -5.41. The van der Waals surface area contributed by atoms with Crippen molar-refractivity contribution < 1.29 is 31.1 Å². The maximum absolute atomic E-state index is 12.8. The zero-order valence-corrected chi connectivity index (χ0v) is 19.1. The number of sulfone groups is 1. The molecule has 1 atom stereocenters. The normalized spacial score (nSPS) is 19.7. The van der Waals surface area contributed by atoms with Crippen LogP contribution in [0.25, 0.3) is 0 Å². The van der Waals surface area contributed by atoms with Gasteiger partial charge in [0.2, 0.25) is 0 Å². The van der Waals surface area contributed by atoms with Crippen LogP contribution >= 0.6 is 0 Å². The van der Waals surface area contributed by atoms with Crippen LogP contribution in [0.15, 0.2) is 47.4 Å². The number of benzene rings is 2. The third-order valence-corrected chi connectivity index (χ3v) is 8.62. The lowest BCUT2D eigenvalue weighted by molar-refractivity contribution is 0.0747. The van der Waals surface area contributed by atoms with Crippen molar-refractivity contribution in [2.45, 2.75) is 23.8 Å². The first-order valence-corrected chi connectivity index (χ1v) is 13.5. The van der Waals surface area contributed by atoms with E-state index in [9.17, 15) is 21.6 Å². The predicted octanol–water partition coefficient (Wildman–Crippen LogP) is 1.91. The molecule has 0 saturated carbocycles. The van der Waals surface area contributed by atoms with Crippen LogP contribution < -0.4 is 14.2 Å². The van der Waals surface area contributed by atoms with E-state index >= 15 is 0 Å². The highest BCUT2D eigenvalue weighted by Crippen LogP contribution is 2.32. The fourth-order valence-corrected chi connectivity index (χ4v) is 6.50. The molecular weight excluding hydrogens is 456 g/mol. The molecule has 1 amide bonds. The van der Waals surface area contributed by atoms with Crippen LogP contribution in [0.1, 0.15) is 23.2 Å². The second-order valence-corrected chi connectivity index (χ2v) is 11.7. The van der Waals surface area contributed by atoms with Gasteiger partial charge in [-0.3, -0.25) is 9.52 Å². The van der Waals surface area contributed by atoms with Crippen LogP contribution in [0.4, 0.5) is 5.69 Å². The summed E-state index contributed by atoms with van der Waals surface area (Å²) in [4.78, 5) is 14.2. The van der Waals surface area contributed by atoms with Gasteiger partial charge in [0, 0.05) is 36.8 Å². The van der Waals surface area contributed by atoms with Gasteiger partial charge in [-0.2, -0.15) is 0 Å². The average molecular weight is 481 g/mol. The van der Waals surface area contributed by atoms with Gasteiger partial charge in [-0.15, -0.1) is 0 Å². The number of ether oxygens (including phenoxy) is 2. The lowest BCUT2D eigenvalue weighted by Gasteiger charge is -2.23. The van der Waals surface area contributed by atoms with Crippen molar-refractivity contribution in [2.24, 2.45) is 0 Å². The number of hydrogen-bond donors (Lipinski definition) is 1. The molecule has 2 heterocycles. The van der Waals surface area contributed by atoms with Crippen molar-refractivity contribution in [1.29, 1.82) is 0 Å². The summed E-state index contributed by atoms with van der Waals surface area (Å²) in [6.45, 7) is 0.953. The highest BCUT2D eigenvalue weighted by Gasteiger charge is 2.33. The Morgan fingerprint density at radius 3 is 2.41 bits per heavy atom. The van der Waals surface area contributed by atoms with E-state index in [1.165, 1.54) is 41.3 Å². The summed E-state index contributed by atoms with van der Waals surface area (Å²) >= 11 is 0. The minimum absolute atomic E-state index is 0.0316. The summed E-state index contributed by atoms with van der Waals surface area (Å²) in [6.07, 6.45) is 1.13. The number of carbonyl (C=O) groups is 1. The molecule has 2 aliphatic rings. The molecule has 1 saturated heterocycles. The number of anilines is 1. The highest BCUT2D eigenvalue weighted by molar-refractivity contribution is 7.92. The van der Waals surface area contributed by atoms with Gasteiger partial charge >= 0.3 is 0 Å². The molecule has 4 rings (SSSR count). The standard InChI is InChI=1S/C21H24N2O7S2/c1-23(17-9-12-31(25,26)14-17)21(24)15-3-5-16(6-4-15)22-32(27,28)18-7-8-19-20(13-18)30-11-2-10-29-19/h3-8,13,17,22H,2,9-12,14H2,1H3/t17-/m0/s1. The Morgan fingerprint density at radius 2 is 1.75 bits per heavy atom. The van der Waals surface area contributed by atoms with Crippen molar-refractivity contribution in [1.82, 2.24) is 4.90 Å². The first-order valence-electron chi connectivity index (χ1n) is 10.1. The molecule has 11 heteroatoms. The van der Waals surface area contributed by atoms with Gasteiger partial charge in [0.05, 0.1) is 29.6 Å². The summed E-state index contributed by atoms with van der Waals surface area (Å²) in [6, 6.07) is 10.1. The maximum Gasteiger partial charge on any atom is 0.262 e. The summed E-state index contributed by atoms with van der Waals surface area (Å²) in [5.74, 6) is 0.606. The lowest BCUT2D eigenvalue weighted by atomic mass is 10.1. The number of nitrogens with zero attached hydrogens (tertiary/aromatic N) is 1. The van der Waals surface area contributed by atoms with Crippen molar-refractivity contribution in [3.05, 3.63) is 48.0 Å². The van der Waals surface area contributed by atoms with E-state index in [1.807, 2.05) is 0 Å². The van der Waals surface area contributed by atoms with Gasteiger partial charge in [-0.05, 0) is 42.8 Å². The van der Waals surface area contributed by atoms with Gasteiger partial charge in [-0.25, -0.2) is 16.8 Å². The molecule has 0 aliphatic carbocycles. The van der Waals surface area contributed by atoms with E-state index in [2.05, 4.69) is 4.72 Å². The molecule has 1 N–H and O–H groups in total. The molecule has 1 fully saturated rings. The molecule has 0 aromatic heterocycles. The van der Waals surface area contributed by atoms with Crippen LogP contribution in [-0.4, -0.2) is 65.5 Å². The molecule has 2 aliphatic heterocycles. The molecular formula is C21H24N2O7S2. The molecule has 0 spiro atoms. The van der Waals surface area contributed by atoms with Crippen molar-refractivity contribution in [3.8, 4) is 11.5 Å². The first kappa shape index (κ1) is 22.4. The lowest BCUT2D eigenvalue weighted by Crippen LogP contribution is -2.37. The Hall–Kier alpha value is -2.79. The number of nitrogens with one attached hydrogen (secondary N) is 1. The fourth-order valence-electron chi connectivity index (χ4n) is 3.66. The van der Waals surface area contributed by atoms with Crippen LogP contribution in [0.2, 0.25) is 0 Å². The molecule has 0 bridgehead atoms. The van der Waals surface area contributed by atoms with E-state index in [1.54, 1.807) is 13.1 Å². The molecule has 9 nitrogen and oxygen atoms in total. The molecule has 2 aromatic rings. The van der Waals surface area contributed by atoms with E-state index in [0.717, 1.165) is 0 Å². The predicted molar refractivity (Wildman–Crippen MR) is 118 cm³/mol. The van der Waals surface area contributed by atoms with E-state index in [-0.39, 0.29) is 28.4 Å². The average Bonchev–Trinajstić information content (AvgIpc) is 2.97. The highest BCUT2D eigenvalue weighted by atomic mass is 32.2. The monoisotopic (exact) mass is 480 g/mol. The van der Waals surface area contributed by atoms with Crippen LogP contribution in [0.3, 0.4) is 0 Å². The zero-order chi connectivity index (χ0) is 22.9. The number of carbonyl (C=O) groups excluding carboxylic acids is 1. The Labute approximate surface area is 187 Å². The number of rotatable bonds is 5. The molecule has 0 unspecified atom stereocenters. The Kier molecular flexibility index (Phi) is 6.04. The second-order valence-electron chi connectivity index (χ2n) is 7.81. The Balaban J connectivity index is 1.46. The Morgan fingerprint density at radius 1 is 1.06 bits per heavy atom. The van der Waals surface area contributed by atoms with E-state index < -0.39 is 19.9 Å². The largest absolute Gasteiger partial charge is 0.490 e. The first-order chi connectivity index (χ1) is 15.1. The SMILES string of the molecule is CN(C(=O)c1ccc(NS(=O)(=O)c2ccc3c(c2)OCCCO3)cc1)[C@H]1CCS(=O)(=O)C1. The van der Waals surface area contributed by atoms with Crippen LogP contribution in [-0.2, 0) is 19.9 Å². The Bertz CT molecular complexity index is 1230. The smallest absolute Gasteiger partial charge is 0.262 e. The third-order valence-electron chi connectivity index (χ3n) is 5.49. The molecule has 0 radical (unpaired) electrons. The number of fused-ring (bicyclic) bond motifs is 1. The molecule has 2 aromatic carbocycles. The van der Waals surface area contributed by atoms with Gasteiger partial charge in [0.1, 0.15) is 0 Å². The minimum atomic E-state index is -3.88. The summed E-state index contributed by atoms with van der Waals surface area (Å²) in [5.41, 5.74) is 0.634. The van der Waals surface area contributed by atoms with Gasteiger partial charge in [0.25, 0.3) is 15.9 Å². The minimum Gasteiger partial charge on any atom is -0.490 e. The van der Waals surface area contributed by atoms with Crippen molar-refractivity contribution in [2.75, 3.05) is 36.5 Å². The van der Waals surface area contributed by atoms with Gasteiger partial charge in [0.15, 0.2) is 21.3 Å². The topological polar surface area (TPSA) is 119 Å². The molecule has 32 heavy (non-hydrogen) atoms. The molecule has 172 valence electrons. The second kappa shape index (κ2) is 8.62. The van der Waals surface area contributed by atoms with Gasteiger partial charge < -0.3 is 14.4 Å². The van der Waals surface area contributed by atoms with E-state index in [0.29, 0.717) is 48.8 Å². The summed E-state index contributed by atoms with van der Waals surface area (Å²) < 4.78 is 62.5. The number of sulfonamides is 1. The zero-order valence-electron chi connectivity index (χ0n) is 17.5. The van der Waals surface area contributed by atoms with Crippen molar-refractivity contribution >= 4 is 31.5 Å². The van der Waals surface area contributed by atoms with Gasteiger partial charge in [-0.1, -0.05) is 0 Å². The maximum atomic E-state index is 12.8. The number of amides is 1. The fraction of sp³-hybridized carbons (Fsp3) is 0.381. The van der Waals surface area contributed by atoms with Crippen LogP contribution in [0.5, 0.6) is 11.5 Å². The van der Waals surface area contributed by atoms with Crippen LogP contribution in [0, 0.1) is 0 Å². The van der Waals surface area contributed by atoms with Crippen molar-refractivity contribution in [3.63, 3.8) is 0 Å². The summed E-state index contributed by atoms with van der Waals surface area (Å²) in [5, 5.41) is 0. The number of hydrogen-bond acceptors (Lipinski definition) is 7. The quantitative estimate of drug-likeness (QED) is 0.694.